The second kappa shape index (κ2) is 7.45. The molecule has 0 aliphatic rings. The molecule has 1 aromatic carbocycles. The lowest BCUT2D eigenvalue weighted by Crippen LogP contribution is -2.21. The lowest BCUT2D eigenvalue weighted by atomic mass is 10.2. The smallest absolute Gasteiger partial charge is 0.356 e. The second-order valence-electron chi connectivity index (χ2n) is 4.83. The Hall–Kier alpha value is -2.72. The maximum absolute atomic E-state index is 11.8. The molecule has 0 spiro atoms. The number of anilines is 1. The van der Waals surface area contributed by atoms with E-state index in [1.807, 2.05) is 29.6 Å². The normalized spacial score (nSPS) is 10.4. The van der Waals surface area contributed by atoms with Crippen molar-refractivity contribution in [2.45, 2.75) is 0 Å². The first kappa shape index (κ1) is 17.1. The molecule has 3 rings (SSSR count). The fourth-order valence-corrected chi connectivity index (χ4v) is 2.89. The molecule has 0 aliphatic carbocycles. The fraction of sp³-hybridized carbons (Fsp3) is 0.0667. The van der Waals surface area contributed by atoms with E-state index in [1.165, 1.54) is 17.5 Å². The largest absolute Gasteiger partial charge is 0.451 e. The summed E-state index contributed by atoms with van der Waals surface area (Å²) in [4.78, 5) is 43.2. The molecule has 0 atom stereocenters. The molecular formula is C15H11BrN4O4S. The minimum absolute atomic E-state index is 0.0513. The number of carbonyl (C=O) groups is 2. The average Bonchev–Trinajstić information content (AvgIpc) is 3.22. The minimum atomic E-state index is -0.803. The van der Waals surface area contributed by atoms with Crippen molar-refractivity contribution in [3.8, 4) is 11.3 Å². The van der Waals surface area contributed by atoms with Crippen molar-refractivity contribution in [2.24, 2.45) is 0 Å². The van der Waals surface area contributed by atoms with Crippen LogP contribution in [0.25, 0.3) is 11.3 Å². The minimum Gasteiger partial charge on any atom is -0.451 e. The van der Waals surface area contributed by atoms with Crippen LogP contribution in [0.5, 0.6) is 0 Å². The first-order valence-corrected chi connectivity index (χ1v) is 8.64. The molecule has 0 unspecified atom stereocenters. The molecule has 0 radical (unpaired) electrons. The SMILES string of the molecule is O=C(COC(=O)c1c[nH]c(=O)[nH]1)Nc1nc(-c2ccc(Br)cc2)cs1. The number of nitrogens with one attached hydrogen (secondary N) is 3. The fourth-order valence-electron chi connectivity index (χ4n) is 1.89. The van der Waals surface area contributed by atoms with Gasteiger partial charge in [0.15, 0.2) is 11.7 Å². The highest BCUT2D eigenvalue weighted by Gasteiger charge is 2.13. The predicted molar refractivity (Wildman–Crippen MR) is 95.6 cm³/mol. The third kappa shape index (κ3) is 4.43. The van der Waals surface area contributed by atoms with Crippen molar-refractivity contribution in [1.29, 1.82) is 0 Å². The molecule has 3 aromatic rings. The summed E-state index contributed by atoms with van der Waals surface area (Å²) in [5.74, 6) is -1.33. The summed E-state index contributed by atoms with van der Waals surface area (Å²) < 4.78 is 5.77. The molecule has 2 aromatic heterocycles. The third-order valence-electron chi connectivity index (χ3n) is 3.04. The highest BCUT2D eigenvalue weighted by molar-refractivity contribution is 9.10. The summed E-state index contributed by atoms with van der Waals surface area (Å²) >= 11 is 4.63. The number of H-pyrrole nitrogens is 2. The molecule has 0 saturated carbocycles. The number of ether oxygens (including phenoxy) is 1. The van der Waals surface area contributed by atoms with Gasteiger partial charge in [-0.3, -0.25) is 10.1 Å². The zero-order valence-electron chi connectivity index (χ0n) is 12.5. The molecule has 8 nitrogen and oxygen atoms in total. The van der Waals surface area contributed by atoms with E-state index in [-0.39, 0.29) is 5.69 Å². The van der Waals surface area contributed by atoms with E-state index >= 15 is 0 Å². The van der Waals surface area contributed by atoms with Crippen LogP contribution in [0, 0.1) is 0 Å². The summed E-state index contributed by atoms with van der Waals surface area (Å²) in [6.07, 6.45) is 1.17. The van der Waals surface area contributed by atoms with Crippen LogP contribution in [0.2, 0.25) is 0 Å². The lowest BCUT2D eigenvalue weighted by molar-refractivity contribution is -0.119. The molecule has 0 bridgehead atoms. The Bertz CT molecular complexity index is 960. The number of rotatable bonds is 5. The summed E-state index contributed by atoms with van der Waals surface area (Å²) in [6, 6.07) is 7.61. The van der Waals surface area contributed by atoms with E-state index in [0.717, 1.165) is 15.7 Å². The van der Waals surface area contributed by atoms with Crippen LogP contribution in [0.3, 0.4) is 0 Å². The number of carbonyl (C=O) groups excluding carboxylic acids is 2. The van der Waals surface area contributed by atoms with Gasteiger partial charge in [0, 0.05) is 21.6 Å². The average molecular weight is 423 g/mol. The monoisotopic (exact) mass is 422 g/mol. The molecule has 1 amide bonds. The van der Waals surface area contributed by atoms with Gasteiger partial charge < -0.3 is 14.7 Å². The Morgan fingerprint density at radius 2 is 2.04 bits per heavy atom. The van der Waals surface area contributed by atoms with Crippen LogP contribution in [0.1, 0.15) is 10.5 Å². The summed E-state index contributed by atoms with van der Waals surface area (Å²) in [5.41, 5.74) is 1.07. The number of amides is 1. The molecule has 0 fully saturated rings. The van der Waals surface area contributed by atoms with Crippen molar-refractivity contribution < 1.29 is 14.3 Å². The number of aromatic amines is 2. The molecule has 25 heavy (non-hydrogen) atoms. The maximum Gasteiger partial charge on any atom is 0.356 e. The number of hydrogen-bond donors (Lipinski definition) is 3. The van der Waals surface area contributed by atoms with Crippen molar-refractivity contribution in [3.05, 3.63) is 56.5 Å². The number of nitrogens with zero attached hydrogens (tertiary/aromatic N) is 1. The summed E-state index contributed by atoms with van der Waals surface area (Å²) in [6.45, 7) is -0.487. The maximum atomic E-state index is 11.8. The number of benzene rings is 1. The van der Waals surface area contributed by atoms with Crippen LogP contribution in [-0.2, 0) is 9.53 Å². The molecule has 10 heteroatoms. The summed E-state index contributed by atoms with van der Waals surface area (Å²) in [5, 5.41) is 4.77. The van der Waals surface area contributed by atoms with Gasteiger partial charge in [0.05, 0.1) is 5.69 Å². The quantitative estimate of drug-likeness (QED) is 0.545. The van der Waals surface area contributed by atoms with E-state index in [0.29, 0.717) is 5.13 Å². The number of halogens is 1. The van der Waals surface area contributed by atoms with Crippen molar-refractivity contribution in [3.63, 3.8) is 0 Å². The third-order valence-corrected chi connectivity index (χ3v) is 4.33. The van der Waals surface area contributed by atoms with Gasteiger partial charge in [-0.1, -0.05) is 28.1 Å². The van der Waals surface area contributed by atoms with Crippen LogP contribution >= 0.6 is 27.3 Å². The topological polar surface area (TPSA) is 117 Å². The van der Waals surface area contributed by atoms with Crippen molar-refractivity contribution in [1.82, 2.24) is 15.0 Å². The number of thiazole rings is 1. The van der Waals surface area contributed by atoms with E-state index in [4.69, 9.17) is 4.74 Å². The van der Waals surface area contributed by atoms with Gasteiger partial charge in [0.25, 0.3) is 5.91 Å². The molecule has 0 aliphatic heterocycles. The van der Waals surface area contributed by atoms with E-state index < -0.39 is 24.2 Å². The second-order valence-corrected chi connectivity index (χ2v) is 6.60. The Balaban J connectivity index is 1.55. The van der Waals surface area contributed by atoms with Gasteiger partial charge in [-0.05, 0) is 12.1 Å². The molecule has 3 N–H and O–H groups in total. The van der Waals surface area contributed by atoms with Crippen LogP contribution < -0.4 is 11.0 Å². The number of hydrogen-bond acceptors (Lipinski definition) is 6. The zero-order chi connectivity index (χ0) is 17.8. The van der Waals surface area contributed by atoms with Crippen LogP contribution in [0.4, 0.5) is 5.13 Å². The van der Waals surface area contributed by atoms with Crippen molar-refractivity contribution >= 4 is 44.3 Å². The Labute approximate surface area is 153 Å². The highest BCUT2D eigenvalue weighted by atomic mass is 79.9. The molecule has 0 saturated heterocycles. The lowest BCUT2D eigenvalue weighted by Gasteiger charge is -2.03. The van der Waals surface area contributed by atoms with Gasteiger partial charge in [-0.25, -0.2) is 14.6 Å². The Morgan fingerprint density at radius 3 is 2.72 bits per heavy atom. The molecule has 128 valence electrons. The number of imidazole rings is 1. The van der Waals surface area contributed by atoms with Crippen LogP contribution in [0.15, 0.2) is 45.1 Å². The zero-order valence-corrected chi connectivity index (χ0v) is 14.9. The van der Waals surface area contributed by atoms with Gasteiger partial charge >= 0.3 is 11.7 Å². The van der Waals surface area contributed by atoms with Gasteiger partial charge in [-0.2, -0.15) is 0 Å². The van der Waals surface area contributed by atoms with E-state index in [2.05, 4.69) is 36.2 Å². The Morgan fingerprint density at radius 1 is 1.28 bits per heavy atom. The first-order chi connectivity index (χ1) is 12.0. The van der Waals surface area contributed by atoms with Crippen LogP contribution in [-0.4, -0.2) is 33.4 Å². The standard InChI is InChI=1S/C15H11BrN4O4S/c16-9-3-1-8(2-4-9)11-7-25-15(19-11)20-12(21)6-24-13(22)10-5-17-14(23)18-10/h1-5,7H,6H2,(H2,17,18,23)(H,19,20,21). The summed E-state index contributed by atoms with van der Waals surface area (Å²) in [7, 11) is 0. The number of aromatic nitrogens is 3. The highest BCUT2D eigenvalue weighted by Crippen LogP contribution is 2.26. The van der Waals surface area contributed by atoms with E-state index in [1.54, 1.807) is 0 Å². The molecular weight excluding hydrogens is 412 g/mol. The van der Waals surface area contributed by atoms with Gasteiger partial charge in [0.2, 0.25) is 0 Å². The van der Waals surface area contributed by atoms with E-state index in [9.17, 15) is 14.4 Å². The molecule has 2 heterocycles. The Kier molecular flexibility index (Phi) is 5.10. The van der Waals surface area contributed by atoms with Gasteiger partial charge in [-0.15, -0.1) is 11.3 Å². The number of esters is 1. The van der Waals surface area contributed by atoms with Gasteiger partial charge in [0.1, 0.15) is 5.69 Å². The predicted octanol–water partition coefficient (Wildman–Crippen LogP) is 2.38. The van der Waals surface area contributed by atoms with Crippen molar-refractivity contribution in [2.75, 3.05) is 11.9 Å². The first-order valence-electron chi connectivity index (χ1n) is 6.97.